The minimum absolute atomic E-state index is 0.152. The molecule has 0 amide bonds. The molecule has 0 aliphatic carbocycles. The van der Waals surface area contributed by atoms with Crippen LogP contribution in [0, 0.1) is 0 Å². The first kappa shape index (κ1) is 13.0. The van der Waals surface area contributed by atoms with E-state index in [0.717, 1.165) is 0 Å². The van der Waals surface area contributed by atoms with Crippen LogP contribution in [0.4, 0.5) is 0 Å². The lowest BCUT2D eigenvalue weighted by molar-refractivity contribution is -0.140. The SMILES string of the molecule is COC(=O)Cc1cc(=O)cc(CC(=O)OC)o1. The van der Waals surface area contributed by atoms with Crippen LogP contribution in [0.15, 0.2) is 21.3 Å². The zero-order chi connectivity index (χ0) is 12.8. The lowest BCUT2D eigenvalue weighted by atomic mass is 10.2. The summed E-state index contributed by atoms with van der Waals surface area (Å²) >= 11 is 0. The third kappa shape index (κ3) is 4.10. The summed E-state index contributed by atoms with van der Waals surface area (Å²) in [4.78, 5) is 33.3. The summed E-state index contributed by atoms with van der Waals surface area (Å²) in [6.45, 7) is 0. The number of esters is 2. The zero-order valence-electron chi connectivity index (χ0n) is 9.52. The molecule has 0 saturated heterocycles. The van der Waals surface area contributed by atoms with Crippen molar-refractivity contribution in [3.8, 4) is 0 Å². The highest BCUT2D eigenvalue weighted by Gasteiger charge is 2.10. The Morgan fingerprint density at radius 1 is 1.06 bits per heavy atom. The molecule has 0 aliphatic rings. The predicted octanol–water partition coefficient (Wildman–Crippen LogP) is 0.0708. The van der Waals surface area contributed by atoms with Crippen molar-refractivity contribution in [2.24, 2.45) is 0 Å². The Labute approximate surface area is 97.1 Å². The van der Waals surface area contributed by atoms with Gasteiger partial charge in [-0.05, 0) is 0 Å². The molecule has 0 aliphatic heterocycles. The molecule has 92 valence electrons. The van der Waals surface area contributed by atoms with Crippen LogP contribution in [-0.2, 0) is 31.9 Å². The highest BCUT2D eigenvalue weighted by molar-refractivity contribution is 5.72. The molecule has 17 heavy (non-hydrogen) atoms. The minimum atomic E-state index is -0.525. The monoisotopic (exact) mass is 240 g/mol. The molecule has 0 radical (unpaired) electrons. The molecular weight excluding hydrogens is 228 g/mol. The number of hydrogen-bond acceptors (Lipinski definition) is 6. The molecule has 1 rings (SSSR count). The topological polar surface area (TPSA) is 82.8 Å². The van der Waals surface area contributed by atoms with E-state index in [-0.39, 0.29) is 29.8 Å². The molecule has 0 aromatic carbocycles. The van der Waals surface area contributed by atoms with Crippen LogP contribution in [0.1, 0.15) is 11.5 Å². The summed E-state index contributed by atoms with van der Waals surface area (Å²) in [5, 5.41) is 0. The maximum atomic E-state index is 11.3. The number of methoxy groups -OCH3 is 2. The van der Waals surface area contributed by atoms with Crippen molar-refractivity contribution in [2.45, 2.75) is 12.8 Å². The average molecular weight is 240 g/mol. The van der Waals surface area contributed by atoms with E-state index in [0.29, 0.717) is 0 Å². The van der Waals surface area contributed by atoms with E-state index in [1.165, 1.54) is 26.4 Å². The van der Waals surface area contributed by atoms with Gasteiger partial charge in [0.15, 0.2) is 5.43 Å². The quantitative estimate of drug-likeness (QED) is 0.692. The maximum Gasteiger partial charge on any atom is 0.313 e. The molecule has 0 spiro atoms. The molecule has 0 saturated carbocycles. The van der Waals surface area contributed by atoms with Crippen molar-refractivity contribution in [2.75, 3.05) is 14.2 Å². The van der Waals surface area contributed by atoms with E-state index in [1.54, 1.807) is 0 Å². The van der Waals surface area contributed by atoms with Gasteiger partial charge in [-0.1, -0.05) is 0 Å². The second-order valence-electron chi connectivity index (χ2n) is 3.23. The van der Waals surface area contributed by atoms with Crippen LogP contribution in [0.2, 0.25) is 0 Å². The standard InChI is InChI=1S/C11H12O6/c1-15-10(13)5-8-3-7(12)4-9(17-8)6-11(14)16-2/h3-4H,5-6H2,1-2H3. The molecule has 1 aromatic rings. The second kappa shape index (κ2) is 5.83. The Morgan fingerprint density at radius 2 is 1.47 bits per heavy atom. The number of carbonyl (C=O) groups excluding carboxylic acids is 2. The molecule has 0 unspecified atom stereocenters. The largest absolute Gasteiger partial charge is 0.469 e. The van der Waals surface area contributed by atoms with Crippen LogP contribution in [0.3, 0.4) is 0 Å². The van der Waals surface area contributed by atoms with Gasteiger partial charge in [0.2, 0.25) is 0 Å². The highest BCUT2D eigenvalue weighted by atomic mass is 16.5. The maximum absolute atomic E-state index is 11.3. The molecule has 6 heteroatoms. The van der Waals surface area contributed by atoms with Crippen molar-refractivity contribution >= 4 is 11.9 Å². The van der Waals surface area contributed by atoms with Crippen molar-refractivity contribution in [3.05, 3.63) is 33.9 Å². The molecule has 0 fully saturated rings. The summed E-state index contributed by atoms with van der Waals surface area (Å²) in [6, 6.07) is 2.36. The molecule has 6 nitrogen and oxygen atoms in total. The first-order chi connectivity index (χ1) is 8.05. The molecule has 1 aromatic heterocycles. The van der Waals surface area contributed by atoms with E-state index in [1.807, 2.05) is 0 Å². The molecular formula is C11H12O6. The Hall–Kier alpha value is -2.11. The van der Waals surface area contributed by atoms with E-state index >= 15 is 0 Å². The molecule has 0 N–H and O–H groups in total. The Kier molecular flexibility index (Phi) is 4.45. The Morgan fingerprint density at radius 3 is 1.82 bits per heavy atom. The summed E-state index contributed by atoms with van der Waals surface area (Å²) in [5.74, 6) is -0.738. The fraction of sp³-hybridized carbons (Fsp3) is 0.364. The van der Waals surface area contributed by atoms with Crippen molar-refractivity contribution in [1.29, 1.82) is 0 Å². The van der Waals surface area contributed by atoms with Crippen LogP contribution in [-0.4, -0.2) is 26.2 Å². The van der Waals surface area contributed by atoms with Gasteiger partial charge in [0.05, 0.1) is 14.2 Å². The van der Waals surface area contributed by atoms with Gasteiger partial charge in [0.1, 0.15) is 24.4 Å². The summed E-state index contributed by atoms with van der Waals surface area (Å²) in [7, 11) is 2.47. The first-order valence-electron chi connectivity index (χ1n) is 4.81. The van der Waals surface area contributed by atoms with Crippen LogP contribution in [0.5, 0.6) is 0 Å². The molecule has 0 bridgehead atoms. The zero-order valence-corrected chi connectivity index (χ0v) is 9.52. The summed E-state index contributed by atoms with van der Waals surface area (Å²) < 4.78 is 14.1. The summed E-state index contributed by atoms with van der Waals surface area (Å²) in [5.41, 5.74) is -0.339. The predicted molar refractivity (Wildman–Crippen MR) is 56.4 cm³/mol. The van der Waals surface area contributed by atoms with E-state index in [2.05, 4.69) is 9.47 Å². The normalized spacial score (nSPS) is 9.76. The smallest absolute Gasteiger partial charge is 0.313 e. The van der Waals surface area contributed by atoms with Gasteiger partial charge >= 0.3 is 11.9 Å². The Balaban J connectivity index is 2.90. The molecule has 1 heterocycles. The van der Waals surface area contributed by atoms with Crippen LogP contribution < -0.4 is 5.43 Å². The minimum Gasteiger partial charge on any atom is -0.469 e. The van der Waals surface area contributed by atoms with Crippen LogP contribution in [0.25, 0.3) is 0 Å². The van der Waals surface area contributed by atoms with Crippen molar-refractivity contribution < 1.29 is 23.5 Å². The van der Waals surface area contributed by atoms with Crippen LogP contribution >= 0.6 is 0 Å². The van der Waals surface area contributed by atoms with E-state index in [9.17, 15) is 14.4 Å². The number of rotatable bonds is 4. The summed E-state index contributed by atoms with van der Waals surface area (Å²) in [6.07, 6.45) is -0.304. The fourth-order valence-electron chi connectivity index (χ4n) is 1.19. The highest BCUT2D eigenvalue weighted by Crippen LogP contribution is 2.05. The van der Waals surface area contributed by atoms with Gasteiger partial charge in [0.25, 0.3) is 0 Å². The van der Waals surface area contributed by atoms with Gasteiger partial charge in [-0.25, -0.2) is 0 Å². The van der Waals surface area contributed by atoms with Gasteiger partial charge in [-0.15, -0.1) is 0 Å². The lowest BCUT2D eigenvalue weighted by Gasteiger charge is -2.03. The molecule has 0 atom stereocenters. The third-order valence-electron chi connectivity index (χ3n) is 1.96. The van der Waals surface area contributed by atoms with Gasteiger partial charge in [-0.2, -0.15) is 0 Å². The van der Waals surface area contributed by atoms with Crippen molar-refractivity contribution in [1.82, 2.24) is 0 Å². The Bertz CT molecular complexity index is 434. The van der Waals surface area contributed by atoms with Crippen molar-refractivity contribution in [3.63, 3.8) is 0 Å². The fourth-order valence-corrected chi connectivity index (χ4v) is 1.19. The number of carbonyl (C=O) groups is 2. The lowest BCUT2D eigenvalue weighted by Crippen LogP contribution is -2.11. The second-order valence-corrected chi connectivity index (χ2v) is 3.23. The van der Waals surface area contributed by atoms with E-state index in [4.69, 9.17) is 4.42 Å². The van der Waals surface area contributed by atoms with Gasteiger partial charge in [0, 0.05) is 12.1 Å². The average Bonchev–Trinajstić information content (AvgIpc) is 2.27. The third-order valence-corrected chi connectivity index (χ3v) is 1.96. The van der Waals surface area contributed by atoms with Gasteiger partial charge in [-0.3, -0.25) is 14.4 Å². The number of hydrogen-bond donors (Lipinski definition) is 0. The number of ether oxygens (including phenoxy) is 2. The van der Waals surface area contributed by atoms with E-state index < -0.39 is 11.9 Å². The van der Waals surface area contributed by atoms with Gasteiger partial charge < -0.3 is 13.9 Å². The first-order valence-corrected chi connectivity index (χ1v) is 4.81.